The number of hydrogen-bond donors (Lipinski definition) is 1. The van der Waals surface area contributed by atoms with Crippen LogP contribution in [0, 0.1) is 18.8 Å². The lowest BCUT2D eigenvalue weighted by Gasteiger charge is -2.26. The van der Waals surface area contributed by atoms with Gasteiger partial charge in [-0.3, -0.25) is 9.78 Å². The van der Waals surface area contributed by atoms with Crippen molar-refractivity contribution in [3.63, 3.8) is 0 Å². The number of allylic oxidation sites excluding steroid dienone is 2. The van der Waals surface area contributed by atoms with Gasteiger partial charge in [-0.05, 0) is 43.7 Å². The van der Waals surface area contributed by atoms with Crippen molar-refractivity contribution in [3.8, 4) is 0 Å². The Morgan fingerprint density at radius 1 is 1.40 bits per heavy atom. The standard InChI is InChI=1S/C17H24N2O/c1-12(2)15(16-13(3)8-7-11-18-16)19-17(20)14-9-5-4-6-10-14/h4-5,7-8,11-12,14-15H,6,9-10H2,1-3H3,(H,19,20)/t14-,15-/m1/s1. The Kier molecular flexibility index (Phi) is 4.94. The largest absolute Gasteiger partial charge is 0.347 e. The Morgan fingerprint density at radius 3 is 2.80 bits per heavy atom. The van der Waals surface area contributed by atoms with Crippen LogP contribution in [0.3, 0.4) is 0 Å². The molecule has 1 aliphatic rings. The van der Waals surface area contributed by atoms with Crippen molar-refractivity contribution >= 4 is 5.91 Å². The molecule has 0 spiro atoms. The normalized spacial score (nSPS) is 19.9. The third-order valence-corrected chi connectivity index (χ3v) is 3.95. The first kappa shape index (κ1) is 14.8. The Labute approximate surface area is 121 Å². The minimum absolute atomic E-state index is 0.00499. The summed E-state index contributed by atoms with van der Waals surface area (Å²) in [5.74, 6) is 0.607. The summed E-state index contributed by atoms with van der Waals surface area (Å²) in [6.45, 7) is 6.30. The SMILES string of the molecule is Cc1cccnc1[C@H](NC(=O)[C@@H]1CC=CCC1)C(C)C. The van der Waals surface area contributed by atoms with Crippen LogP contribution in [-0.4, -0.2) is 10.9 Å². The molecule has 0 saturated carbocycles. The zero-order chi connectivity index (χ0) is 14.5. The first-order valence-electron chi connectivity index (χ1n) is 7.46. The molecule has 3 nitrogen and oxygen atoms in total. The second kappa shape index (κ2) is 6.69. The van der Waals surface area contributed by atoms with E-state index in [1.54, 1.807) is 6.20 Å². The molecule has 0 aliphatic heterocycles. The van der Waals surface area contributed by atoms with Crippen LogP contribution in [0.25, 0.3) is 0 Å². The summed E-state index contributed by atoms with van der Waals surface area (Å²) in [5.41, 5.74) is 2.12. The van der Waals surface area contributed by atoms with Gasteiger partial charge in [-0.1, -0.05) is 32.1 Å². The van der Waals surface area contributed by atoms with Gasteiger partial charge >= 0.3 is 0 Å². The number of pyridine rings is 1. The van der Waals surface area contributed by atoms with Crippen LogP contribution >= 0.6 is 0 Å². The van der Waals surface area contributed by atoms with Crippen LogP contribution in [0.15, 0.2) is 30.5 Å². The highest BCUT2D eigenvalue weighted by molar-refractivity contribution is 5.79. The topological polar surface area (TPSA) is 42.0 Å². The van der Waals surface area contributed by atoms with E-state index < -0.39 is 0 Å². The van der Waals surface area contributed by atoms with Crippen LogP contribution in [0.4, 0.5) is 0 Å². The first-order chi connectivity index (χ1) is 9.59. The maximum atomic E-state index is 12.4. The molecular formula is C17H24N2O. The molecule has 2 atom stereocenters. The monoisotopic (exact) mass is 272 g/mol. The van der Waals surface area contributed by atoms with Crippen molar-refractivity contribution in [2.75, 3.05) is 0 Å². The maximum Gasteiger partial charge on any atom is 0.223 e. The molecule has 0 bridgehead atoms. The molecule has 20 heavy (non-hydrogen) atoms. The molecule has 1 aromatic rings. The third-order valence-electron chi connectivity index (χ3n) is 3.95. The number of amides is 1. The number of aromatic nitrogens is 1. The van der Waals surface area contributed by atoms with Crippen molar-refractivity contribution in [2.45, 2.75) is 46.1 Å². The highest BCUT2D eigenvalue weighted by atomic mass is 16.1. The van der Waals surface area contributed by atoms with E-state index in [-0.39, 0.29) is 17.9 Å². The number of rotatable bonds is 4. The summed E-state index contributed by atoms with van der Waals surface area (Å²) in [4.78, 5) is 16.9. The Bertz CT molecular complexity index is 494. The molecule has 1 N–H and O–H groups in total. The van der Waals surface area contributed by atoms with E-state index in [0.717, 1.165) is 30.5 Å². The molecule has 1 amide bonds. The molecule has 2 rings (SSSR count). The number of carbonyl (C=O) groups is 1. The number of carbonyl (C=O) groups excluding carboxylic acids is 1. The van der Waals surface area contributed by atoms with Gasteiger partial charge in [0.1, 0.15) is 0 Å². The van der Waals surface area contributed by atoms with E-state index in [9.17, 15) is 4.79 Å². The Balaban J connectivity index is 2.12. The zero-order valence-corrected chi connectivity index (χ0v) is 12.6. The summed E-state index contributed by atoms with van der Waals surface area (Å²) in [7, 11) is 0. The van der Waals surface area contributed by atoms with Gasteiger partial charge in [-0.2, -0.15) is 0 Å². The molecule has 1 aromatic heterocycles. The fourth-order valence-electron chi connectivity index (χ4n) is 2.68. The fourth-order valence-corrected chi connectivity index (χ4v) is 2.68. The highest BCUT2D eigenvalue weighted by Crippen LogP contribution is 2.25. The average molecular weight is 272 g/mol. The van der Waals surface area contributed by atoms with E-state index in [1.807, 2.05) is 19.1 Å². The van der Waals surface area contributed by atoms with E-state index >= 15 is 0 Å². The van der Waals surface area contributed by atoms with E-state index in [2.05, 4.69) is 36.3 Å². The van der Waals surface area contributed by atoms with Crippen LogP contribution < -0.4 is 5.32 Å². The minimum Gasteiger partial charge on any atom is -0.347 e. The molecule has 1 heterocycles. The van der Waals surface area contributed by atoms with Gasteiger partial charge < -0.3 is 5.32 Å². The molecule has 108 valence electrons. The van der Waals surface area contributed by atoms with Gasteiger partial charge in [0.05, 0.1) is 11.7 Å². The fraction of sp³-hybridized carbons (Fsp3) is 0.529. The first-order valence-corrected chi connectivity index (χ1v) is 7.46. The lowest BCUT2D eigenvalue weighted by Crippen LogP contribution is -2.37. The van der Waals surface area contributed by atoms with Crippen molar-refractivity contribution in [2.24, 2.45) is 11.8 Å². The second-order valence-electron chi connectivity index (χ2n) is 5.92. The molecule has 1 aliphatic carbocycles. The van der Waals surface area contributed by atoms with Crippen LogP contribution in [0.2, 0.25) is 0 Å². The molecule has 0 radical (unpaired) electrons. The zero-order valence-electron chi connectivity index (χ0n) is 12.6. The van der Waals surface area contributed by atoms with E-state index in [4.69, 9.17) is 0 Å². The van der Waals surface area contributed by atoms with E-state index in [1.165, 1.54) is 0 Å². The Morgan fingerprint density at radius 2 is 2.20 bits per heavy atom. The average Bonchev–Trinajstić information content (AvgIpc) is 2.46. The lowest BCUT2D eigenvalue weighted by molar-refractivity contribution is -0.126. The van der Waals surface area contributed by atoms with Crippen LogP contribution in [0.1, 0.15) is 50.4 Å². The summed E-state index contributed by atoms with van der Waals surface area (Å²) in [6.07, 6.45) is 8.89. The van der Waals surface area contributed by atoms with Gasteiger partial charge in [0.15, 0.2) is 0 Å². The molecule has 3 heteroatoms. The summed E-state index contributed by atoms with van der Waals surface area (Å²) in [6, 6.07) is 3.98. The summed E-state index contributed by atoms with van der Waals surface area (Å²) < 4.78 is 0. The molecule has 0 aromatic carbocycles. The Hall–Kier alpha value is -1.64. The van der Waals surface area contributed by atoms with Gasteiger partial charge in [0.2, 0.25) is 5.91 Å². The molecule has 0 unspecified atom stereocenters. The van der Waals surface area contributed by atoms with E-state index in [0.29, 0.717) is 5.92 Å². The third kappa shape index (κ3) is 3.47. The summed E-state index contributed by atoms with van der Waals surface area (Å²) in [5, 5.41) is 3.21. The van der Waals surface area contributed by atoms with Gasteiger partial charge in [0.25, 0.3) is 0 Å². The van der Waals surface area contributed by atoms with Gasteiger partial charge in [-0.25, -0.2) is 0 Å². The quantitative estimate of drug-likeness (QED) is 0.852. The van der Waals surface area contributed by atoms with Crippen LogP contribution in [0.5, 0.6) is 0 Å². The smallest absolute Gasteiger partial charge is 0.223 e. The number of hydrogen-bond acceptors (Lipinski definition) is 2. The minimum atomic E-state index is -0.00499. The highest BCUT2D eigenvalue weighted by Gasteiger charge is 2.25. The molecule has 0 saturated heterocycles. The lowest BCUT2D eigenvalue weighted by atomic mass is 9.91. The van der Waals surface area contributed by atoms with Crippen molar-refractivity contribution < 1.29 is 4.79 Å². The van der Waals surface area contributed by atoms with Crippen molar-refractivity contribution in [1.29, 1.82) is 0 Å². The second-order valence-corrected chi connectivity index (χ2v) is 5.92. The van der Waals surface area contributed by atoms with Gasteiger partial charge in [0, 0.05) is 12.1 Å². The van der Waals surface area contributed by atoms with Crippen molar-refractivity contribution in [1.82, 2.24) is 10.3 Å². The van der Waals surface area contributed by atoms with Crippen molar-refractivity contribution in [3.05, 3.63) is 41.7 Å². The number of aryl methyl sites for hydroxylation is 1. The molecule has 0 fully saturated rings. The molecular weight excluding hydrogens is 248 g/mol. The summed E-state index contributed by atoms with van der Waals surface area (Å²) >= 11 is 0. The predicted molar refractivity (Wildman–Crippen MR) is 81.2 cm³/mol. The predicted octanol–water partition coefficient (Wildman–Crippen LogP) is 3.56. The van der Waals surface area contributed by atoms with Gasteiger partial charge in [-0.15, -0.1) is 0 Å². The number of nitrogens with one attached hydrogen (secondary N) is 1. The van der Waals surface area contributed by atoms with Crippen LogP contribution in [-0.2, 0) is 4.79 Å². The number of nitrogens with zero attached hydrogens (tertiary/aromatic N) is 1. The maximum absolute atomic E-state index is 12.4.